The van der Waals surface area contributed by atoms with Gasteiger partial charge >= 0.3 is 5.69 Å². The minimum atomic E-state index is -0.475. The smallest absolute Gasteiger partial charge is 0.345 e. The topological polar surface area (TPSA) is 99.4 Å². The molecule has 4 rings (SSSR count). The van der Waals surface area contributed by atoms with Gasteiger partial charge in [-0.2, -0.15) is 4.98 Å². The van der Waals surface area contributed by atoms with Crippen LogP contribution in [-0.4, -0.2) is 32.9 Å². The summed E-state index contributed by atoms with van der Waals surface area (Å²) in [5.41, 5.74) is 3.32. The first-order chi connectivity index (χ1) is 14.9. The van der Waals surface area contributed by atoms with Crippen LogP contribution in [0.15, 0.2) is 76.1 Å². The van der Waals surface area contributed by atoms with Crippen LogP contribution in [0.25, 0.3) is 22.5 Å². The molecule has 0 saturated carbocycles. The normalized spacial score (nSPS) is 10.8. The Morgan fingerprint density at radius 2 is 1.84 bits per heavy atom. The van der Waals surface area contributed by atoms with Crippen LogP contribution < -0.4 is 5.69 Å². The summed E-state index contributed by atoms with van der Waals surface area (Å²) in [7, 11) is 1.71. The number of hydrogen-bond donors (Lipinski definition) is 2. The van der Waals surface area contributed by atoms with E-state index in [-0.39, 0.29) is 11.7 Å². The van der Waals surface area contributed by atoms with Crippen molar-refractivity contribution < 1.29 is 14.3 Å². The molecule has 2 aromatic heterocycles. The summed E-state index contributed by atoms with van der Waals surface area (Å²) in [6.07, 6.45) is 1.58. The first kappa shape index (κ1) is 20.2. The van der Waals surface area contributed by atoms with Gasteiger partial charge in [0.2, 0.25) is 0 Å². The zero-order valence-electron chi connectivity index (χ0n) is 17.1. The Kier molecular flexibility index (Phi) is 5.41. The number of aromatic nitrogens is 2. The van der Waals surface area contributed by atoms with Gasteiger partial charge in [0.15, 0.2) is 0 Å². The minimum absolute atomic E-state index is 0.133. The number of aryl methyl sites for hydroxylation is 1. The summed E-state index contributed by atoms with van der Waals surface area (Å²) in [4.78, 5) is 33.2. The second-order valence-corrected chi connectivity index (χ2v) is 7.30. The summed E-state index contributed by atoms with van der Waals surface area (Å²) in [5.74, 6) is 0.761. The molecule has 0 atom stereocenters. The van der Waals surface area contributed by atoms with E-state index in [0.29, 0.717) is 34.8 Å². The van der Waals surface area contributed by atoms with Gasteiger partial charge in [0.25, 0.3) is 5.91 Å². The third kappa shape index (κ3) is 4.40. The van der Waals surface area contributed by atoms with Gasteiger partial charge in [0.1, 0.15) is 11.5 Å². The number of benzene rings is 2. The van der Waals surface area contributed by atoms with Crippen LogP contribution in [0.2, 0.25) is 0 Å². The van der Waals surface area contributed by atoms with Crippen molar-refractivity contribution in [3.63, 3.8) is 0 Å². The molecular weight excluding hydrogens is 394 g/mol. The van der Waals surface area contributed by atoms with E-state index in [2.05, 4.69) is 9.97 Å². The average molecular weight is 415 g/mol. The van der Waals surface area contributed by atoms with Gasteiger partial charge in [-0.05, 0) is 66.6 Å². The standard InChI is InChI=1S/C24H21N3O4/c1-15-12-18(9-10-22(15)28)21-13-20(25-24(30)26-21)16-5-7-17(8-6-16)23(29)27(2)14-19-4-3-11-31-19/h3-13,28H,14H2,1-2H3,(H,25,26,30). The highest BCUT2D eigenvalue weighted by Gasteiger charge is 2.14. The maximum Gasteiger partial charge on any atom is 0.345 e. The minimum Gasteiger partial charge on any atom is -0.508 e. The average Bonchev–Trinajstić information content (AvgIpc) is 3.28. The molecule has 1 amide bonds. The summed E-state index contributed by atoms with van der Waals surface area (Å²) in [6.45, 7) is 2.16. The van der Waals surface area contributed by atoms with Crippen molar-refractivity contribution in [2.75, 3.05) is 7.05 Å². The van der Waals surface area contributed by atoms with Gasteiger partial charge < -0.3 is 19.4 Å². The first-order valence-electron chi connectivity index (χ1n) is 9.70. The van der Waals surface area contributed by atoms with Crippen molar-refractivity contribution in [3.05, 3.63) is 94.3 Å². The number of phenols is 1. The lowest BCUT2D eigenvalue weighted by atomic mass is 10.0. The number of aromatic hydroxyl groups is 1. The number of phenolic OH excluding ortho intramolecular Hbond substituents is 1. The number of hydrogen-bond acceptors (Lipinski definition) is 5. The fraction of sp³-hybridized carbons (Fsp3) is 0.125. The zero-order valence-corrected chi connectivity index (χ0v) is 17.1. The quantitative estimate of drug-likeness (QED) is 0.514. The second kappa shape index (κ2) is 8.31. The number of carbonyl (C=O) groups excluding carboxylic acids is 1. The molecule has 156 valence electrons. The van der Waals surface area contributed by atoms with Gasteiger partial charge in [0, 0.05) is 18.2 Å². The van der Waals surface area contributed by atoms with E-state index in [0.717, 1.165) is 11.1 Å². The predicted octanol–water partition coefficient (Wildman–Crippen LogP) is 3.98. The van der Waals surface area contributed by atoms with Crippen LogP contribution in [0.5, 0.6) is 5.75 Å². The summed E-state index contributed by atoms with van der Waals surface area (Å²) >= 11 is 0. The van der Waals surface area contributed by atoms with Crippen molar-refractivity contribution >= 4 is 5.91 Å². The summed E-state index contributed by atoms with van der Waals surface area (Å²) in [5, 5.41) is 9.73. The van der Waals surface area contributed by atoms with Crippen molar-refractivity contribution in [2.45, 2.75) is 13.5 Å². The number of nitrogens with one attached hydrogen (secondary N) is 1. The van der Waals surface area contributed by atoms with Crippen LogP contribution in [0.1, 0.15) is 21.7 Å². The van der Waals surface area contributed by atoms with Gasteiger partial charge in [0.05, 0.1) is 24.2 Å². The molecule has 2 aromatic carbocycles. The highest BCUT2D eigenvalue weighted by atomic mass is 16.3. The Bertz CT molecular complexity index is 1280. The predicted molar refractivity (Wildman–Crippen MR) is 117 cm³/mol. The van der Waals surface area contributed by atoms with E-state index in [1.165, 1.54) is 0 Å². The van der Waals surface area contributed by atoms with E-state index in [1.807, 2.05) is 6.07 Å². The molecule has 2 heterocycles. The highest BCUT2D eigenvalue weighted by Crippen LogP contribution is 2.26. The Balaban J connectivity index is 1.59. The SMILES string of the molecule is Cc1cc(-c2cc(-c3ccc(C(=O)N(C)Cc4ccco4)cc3)[nH]c(=O)n2)ccc1O. The lowest BCUT2D eigenvalue weighted by molar-refractivity contribution is 0.0775. The molecule has 0 fully saturated rings. The Morgan fingerprint density at radius 3 is 2.52 bits per heavy atom. The van der Waals surface area contributed by atoms with Crippen LogP contribution in [0, 0.1) is 6.92 Å². The molecular formula is C24H21N3O4. The number of rotatable bonds is 5. The molecule has 0 bridgehead atoms. The zero-order chi connectivity index (χ0) is 22.0. The highest BCUT2D eigenvalue weighted by molar-refractivity contribution is 5.94. The van der Waals surface area contributed by atoms with Gasteiger partial charge in [-0.25, -0.2) is 4.79 Å². The third-order valence-electron chi connectivity index (χ3n) is 5.00. The lowest BCUT2D eigenvalue weighted by Gasteiger charge is -2.16. The lowest BCUT2D eigenvalue weighted by Crippen LogP contribution is -2.25. The number of furan rings is 1. The molecule has 7 heteroatoms. The van der Waals surface area contributed by atoms with Crippen molar-refractivity contribution in [2.24, 2.45) is 0 Å². The maximum atomic E-state index is 12.7. The summed E-state index contributed by atoms with van der Waals surface area (Å²) < 4.78 is 5.29. The molecule has 0 spiro atoms. The number of nitrogens with zero attached hydrogens (tertiary/aromatic N) is 2. The van der Waals surface area contributed by atoms with Crippen LogP contribution >= 0.6 is 0 Å². The molecule has 2 N–H and O–H groups in total. The van der Waals surface area contributed by atoms with E-state index in [1.54, 1.807) is 79.7 Å². The number of H-pyrrole nitrogens is 1. The summed E-state index contributed by atoms with van der Waals surface area (Å²) in [6, 6.07) is 17.4. The fourth-order valence-corrected chi connectivity index (χ4v) is 3.30. The molecule has 31 heavy (non-hydrogen) atoms. The Hall–Kier alpha value is -4.13. The van der Waals surface area contributed by atoms with E-state index in [9.17, 15) is 14.7 Å². The van der Waals surface area contributed by atoms with Crippen molar-refractivity contribution in [1.29, 1.82) is 0 Å². The van der Waals surface area contributed by atoms with E-state index in [4.69, 9.17) is 4.42 Å². The number of aromatic amines is 1. The molecule has 0 unspecified atom stereocenters. The Labute approximate surface area is 178 Å². The monoisotopic (exact) mass is 415 g/mol. The molecule has 0 aliphatic heterocycles. The van der Waals surface area contributed by atoms with E-state index < -0.39 is 5.69 Å². The first-order valence-corrected chi connectivity index (χ1v) is 9.70. The molecule has 0 saturated heterocycles. The molecule has 4 aromatic rings. The molecule has 0 aliphatic carbocycles. The van der Waals surface area contributed by atoms with Crippen molar-refractivity contribution in [1.82, 2.24) is 14.9 Å². The second-order valence-electron chi connectivity index (χ2n) is 7.30. The number of amides is 1. The van der Waals surface area contributed by atoms with Crippen LogP contribution in [-0.2, 0) is 6.54 Å². The molecule has 0 radical (unpaired) electrons. The molecule has 0 aliphatic rings. The Morgan fingerprint density at radius 1 is 1.10 bits per heavy atom. The molecule has 7 nitrogen and oxygen atoms in total. The van der Waals surface area contributed by atoms with Gasteiger partial charge in [-0.1, -0.05) is 12.1 Å². The maximum absolute atomic E-state index is 12.7. The van der Waals surface area contributed by atoms with Crippen LogP contribution in [0.3, 0.4) is 0 Å². The third-order valence-corrected chi connectivity index (χ3v) is 5.00. The van der Waals surface area contributed by atoms with E-state index >= 15 is 0 Å². The fourth-order valence-electron chi connectivity index (χ4n) is 3.30. The number of carbonyl (C=O) groups is 1. The largest absolute Gasteiger partial charge is 0.508 e. The van der Waals surface area contributed by atoms with Gasteiger partial charge in [-0.3, -0.25) is 4.79 Å². The van der Waals surface area contributed by atoms with Gasteiger partial charge in [-0.15, -0.1) is 0 Å². The van der Waals surface area contributed by atoms with Crippen molar-refractivity contribution in [3.8, 4) is 28.3 Å². The van der Waals surface area contributed by atoms with Crippen LogP contribution in [0.4, 0.5) is 0 Å².